The molecule has 0 aliphatic heterocycles. The Morgan fingerprint density at radius 3 is 1.92 bits per heavy atom. The van der Waals surface area contributed by atoms with Crippen molar-refractivity contribution in [2.45, 2.75) is 12.6 Å². The van der Waals surface area contributed by atoms with E-state index in [1.54, 1.807) is 0 Å². The molecule has 0 atom stereocenters. The number of rotatable bonds is 7. The van der Waals surface area contributed by atoms with Gasteiger partial charge < -0.3 is 10.6 Å². The number of nitrogens with one attached hydrogen (secondary N) is 1. The standard InChI is InChI=1S/C22H21ClN2O/c23-20-13-11-17(12-14-20)15-24-16-21(26)25-22(18-7-3-1-4-8-18)19-9-5-2-6-10-19/h1-14,22,24H,15-16H2,(H,25,26)/p+1. The zero-order chi connectivity index (χ0) is 18.2. The molecule has 4 heteroatoms. The summed E-state index contributed by atoms with van der Waals surface area (Å²) in [7, 11) is 0. The van der Waals surface area contributed by atoms with Gasteiger partial charge in [-0.1, -0.05) is 84.4 Å². The van der Waals surface area contributed by atoms with Gasteiger partial charge in [0.1, 0.15) is 6.54 Å². The first-order chi connectivity index (χ1) is 12.7. The number of carbonyl (C=O) groups is 1. The van der Waals surface area contributed by atoms with Crippen LogP contribution < -0.4 is 10.6 Å². The van der Waals surface area contributed by atoms with Crippen molar-refractivity contribution in [3.63, 3.8) is 0 Å². The van der Waals surface area contributed by atoms with Crippen molar-refractivity contribution in [2.24, 2.45) is 0 Å². The van der Waals surface area contributed by atoms with Crippen LogP contribution in [-0.2, 0) is 11.3 Å². The van der Waals surface area contributed by atoms with E-state index in [1.165, 1.54) is 0 Å². The van der Waals surface area contributed by atoms with Crippen LogP contribution in [-0.4, -0.2) is 12.5 Å². The van der Waals surface area contributed by atoms with Gasteiger partial charge in [0.2, 0.25) is 0 Å². The molecule has 0 aliphatic rings. The second kappa shape index (κ2) is 9.18. The highest BCUT2D eigenvalue weighted by molar-refractivity contribution is 6.30. The SMILES string of the molecule is O=C(C[NH2+]Cc1ccc(Cl)cc1)NC(c1ccccc1)c1ccccc1. The minimum atomic E-state index is -0.145. The first kappa shape index (κ1) is 18.2. The van der Waals surface area contributed by atoms with Gasteiger partial charge >= 0.3 is 0 Å². The fraction of sp³-hybridized carbons (Fsp3) is 0.136. The molecule has 1 amide bonds. The van der Waals surface area contributed by atoms with Gasteiger partial charge in [-0.3, -0.25) is 4.79 Å². The van der Waals surface area contributed by atoms with Crippen LogP contribution in [0.5, 0.6) is 0 Å². The van der Waals surface area contributed by atoms with Gasteiger partial charge in [-0.2, -0.15) is 0 Å². The maximum Gasteiger partial charge on any atom is 0.275 e. The Kier molecular flexibility index (Phi) is 6.42. The van der Waals surface area contributed by atoms with Gasteiger partial charge in [0.15, 0.2) is 6.54 Å². The molecule has 0 aromatic heterocycles. The van der Waals surface area contributed by atoms with E-state index in [2.05, 4.69) is 5.32 Å². The Morgan fingerprint density at radius 2 is 1.38 bits per heavy atom. The molecule has 3 aromatic rings. The van der Waals surface area contributed by atoms with Crippen molar-refractivity contribution in [2.75, 3.05) is 6.54 Å². The van der Waals surface area contributed by atoms with E-state index in [4.69, 9.17) is 11.6 Å². The number of nitrogens with two attached hydrogens (primary N) is 1. The van der Waals surface area contributed by atoms with Gasteiger partial charge in [0.25, 0.3) is 5.91 Å². The van der Waals surface area contributed by atoms with Gasteiger partial charge in [-0.25, -0.2) is 0 Å². The molecule has 3 aromatic carbocycles. The molecule has 0 radical (unpaired) electrons. The minimum Gasteiger partial charge on any atom is -0.340 e. The summed E-state index contributed by atoms with van der Waals surface area (Å²) in [4.78, 5) is 12.5. The zero-order valence-electron chi connectivity index (χ0n) is 14.4. The van der Waals surface area contributed by atoms with Crippen LogP contribution in [0, 0.1) is 0 Å². The number of halogens is 1. The number of amides is 1. The third-order valence-electron chi connectivity index (χ3n) is 4.19. The van der Waals surface area contributed by atoms with E-state index >= 15 is 0 Å². The molecule has 0 bridgehead atoms. The van der Waals surface area contributed by atoms with Crippen LogP contribution in [0.1, 0.15) is 22.7 Å². The van der Waals surface area contributed by atoms with Gasteiger partial charge in [-0.05, 0) is 23.3 Å². The van der Waals surface area contributed by atoms with Crippen molar-refractivity contribution in [3.05, 3.63) is 107 Å². The first-order valence-electron chi connectivity index (χ1n) is 8.68. The van der Waals surface area contributed by atoms with E-state index < -0.39 is 0 Å². The van der Waals surface area contributed by atoms with E-state index in [9.17, 15) is 4.79 Å². The molecule has 132 valence electrons. The zero-order valence-corrected chi connectivity index (χ0v) is 15.2. The highest BCUT2D eigenvalue weighted by atomic mass is 35.5. The number of carbonyl (C=O) groups excluding carboxylic acids is 1. The predicted molar refractivity (Wildman–Crippen MR) is 105 cm³/mol. The molecule has 3 nitrogen and oxygen atoms in total. The molecule has 0 fully saturated rings. The Bertz CT molecular complexity index is 780. The summed E-state index contributed by atoms with van der Waals surface area (Å²) < 4.78 is 0. The second-order valence-corrected chi connectivity index (χ2v) is 6.58. The minimum absolute atomic E-state index is 0.0108. The predicted octanol–water partition coefficient (Wildman–Crippen LogP) is 3.31. The molecule has 26 heavy (non-hydrogen) atoms. The molecule has 0 unspecified atom stereocenters. The van der Waals surface area contributed by atoms with Crippen LogP contribution in [0.15, 0.2) is 84.9 Å². The third kappa shape index (κ3) is 5.19. The lowest BCUT2D eigenvalue weighted by atomic mass is 9.99. The molecule has 0 saturated carbocycles. The number of hydrogen-bond donors (Lipinski definition) is 2. The molecular formula is C22H22ClN2O+. The lowest BCUT2D eigenvalue weighted by Crippen LogP contribution is -2.85. The monoisotopic (exact) mass is 365 g/mol. The Morgan fingerprint density at radius 1 is 0.846 bits per heavy atom. The van der Waals surface area contributed by atoms with Crippen LogP contribution in [0.2, 0.25) is 5.02 Å². The molecule has 0 saturated heterocycles. The average molecular weight is 366 g/mol. The summed E-state index contributed by atoms with van der Waals surface area (Å²) in [6, 6.07) is 27.6. The summed E-state index contributed by atoms with van der Waals surface area (Å²) in [6.45, 7) is 1.12. The molecule has 0 aliphatic carbocycles. The van der Waals surface area contributed by atoms with Crippen molar-refractivity contribution in [1.29, 1.82) is 0 Å². The van der Waals surface area contributed by atoms with Crippen LogP contribution in [0.25, 0.3) is 0 Å². The van der Waals surface area contributed by atoms with Crippen LogP contribution in [0.3, 0.4) is 0 Å². The Labute approximate surface area is 159 Å². The highest BCUT2D eigenvalue weighted by Gasteiger charge is 2.17. The summed E-state index contributed by atoms with van der Waals surface area (Å²) in [6.07, 6.45) is 0. The van der Waals surface area contributed by atoms with Crippen molar-refractivity contribution < 1.29 is 10.1 Å². The number of benzene rings is 3. The molecule has 3 N–H and O–H groups in total. The Hall–Kier alpha value is -2.62. The average Bonchev–Trinajstić information content (AvgIpc) is 2.69. The second-order valence-electron chi connectivity index (χ2n) is 6.15. The first-order valence-corrected chi connectivity index (χ1v) is 9.05. The maximum absolute atomic E-state index is 12.5. The van der Waals surface area contributed by atoms with Gasteiger partial charge in [-0.15, -0.1) is 0 Å². The van der Waals surface area contributed by atoms with Crippen molar-refractivity contribution in [1.82, 2.24) is 5.32 Å². The lowest BCUT2D eigenvalue weighted by Gasteiger charge is -2.19. The fourth-order valence-electron chi connectivity index (χ4n) is 2.86. The number of hydrogen-bond acceptors (Lipinski definition) is 1. The van der Waals surface area contributed by atoms with E-state index in [-0.39, 0.29) is 11.9 Å². The summed E-state index contributed by atoms with van der Waals surface area (Å²) in [5.74, 6) is 0.0108. The van der Waals surface area contributed by atoms with E-state index in [0.717, 1.165) is 28.3 Å². The van der Waals surface area contributed by atoms with Gasteiger partial charge in [0, 0.05) is 10.6 Å². The molecule has 0 heterocycles. The summed E-state index contributed by atoms with van der Waals surface area (Å²) in [5, 5.41) is 5.87. The normalized spacial score (nSPS) is 10.7. The maximum atomic E-state index is 12.5. The summed E-state index contributed by atoms with van der Waals surface area (Å²) >= 11 is 5.90. The largest absolute Gasteiger partial charge is 0.340 e. The molecule has 3 rings (SSSR count). The molecule has 0 spiro atoms. The summed E-state index contributed by atoms with van der Waals surface area (Å²) in [5.41, 5.74) is 3.29. The quantitative estimate of drug-likeness (QED) is 0.663. The van der Waals surface area contributed by atoms with Crippen molar-refractivity contribution >= 4 is 17.5 Å². The smallest absolute Gasteiger partial charge is 0.275 e. The topological polar surface area (TPSA) is 45.7 Å². The van der Waals surface area contributed by atoms with Crippen molar-refractivity contribution in [3.8, 4) is 0 Å². The van der Waals surface area contributed by atoms with Crippen LogP contribution in [0.4, 0.5) is 0 Å². The lowest BCUT2D eigenvalue weighted by molar-refractivity contribution is -0.660. The number of quaternary nitrogens is 1. The Balaban J connectivity index is 1.61. The molecular weight excluding hydrogens is 344 g/mol. The van der Waals surface area contributed by atoms with E-state index in [1.807, 2.05) is 90.2 Å². The van der Waals surface area contributed by atoms with E-state index in [0.29, 0.717) is 6.54 Å². The third-order valence-corrected chi connectivity index (χ3v) is 4.45. The van der Waals surface area contributed by atoms with Crippen LogP contribution >= 0.6 is 11.6 Å². The fourth-order valence-corrected chi connectivity index (χ4v) is 2.99. The van der Waals surface area contributed by atoms with Gasteiger partial charge in [0.05, 0.1) is 6.04 Å². The highest BCUT2D eigenvalue weighted by Crippen LogP contribution is 2.21.